The van der Waals surface area contributed by atoms with Gasteiger partial charge in [0.2, 0.25) is 0 Å². The van der Waals surface area contributed by atoms with Crippen LogP contribution in [0.4, 0.5) is 5.13 Å². The van der Waals surface area contributed by atoms with Crippen molar-refractivity contribution in [3.8, 4) is 11.3 Å². The predicted molar refractivity (Wildman–Crippen MR) is 109 cm³/mol. The maximum Gasteiger partial charge on any atom is 0.259 e. The molecule has 1 amide bonds. The molecule has 3 heterocycles. The van der Waals surface area contributed by atoms with Crippen LogP contribution in [0.15, 0.2) is 40.4 Å². The lowest BCUT2D eigenvalue weighted by Gasteiger charge is -2.16. The molecule has 7 heteroatoms. The fourth-order valence-electron chi connectivity index (χ4n) is 3.60. The lowest BCUT2D eigenvalue weighted by atomic mass is 9.90. The monoisotopic (exact) mass is 390 g/mol. The molecule has 1 aliphatic carbocycles. The molecule has 140 valence electrons. The van der Waals surface area contributed by atoms with Crippen molar-refractivity contribution in [3.63, 3.8) is 0 Å². The van der Waals surface area contributed by atoms with Gasteiger partial charge in [-0.25, -0.2) is 9.97 Å². The molecule has 1 N–H and O–H groups in total. The second-order valence-electron chi connectivity index (χ2n) is 7.03. The lowest BCUT2D eigenvalue weighted by molar-refractivity contribution is 0.102. The Hall–Kier alpha value is -3.06. The van der Waals surface area contributed by atoms with E-state index in [9.17, 15) is 4.79 Å². The normalized spacial score (nSPS) is 13.5. The second-order valence-corrected chi connectivity index (χ2v) is 7.89. The van der Waals surface area contributed by atoms with Gasteiger partial charge in [-0.05, 0) is 55.9 Å². The highest BCUT2D eigenvalue weighted by Crippen LogP contribution is 2.30. The number of rotatable bonds is 3. The number of carbonyl (C=O) groups excluding carboxylic acids is 1. The average Bonchev–Trinajstić information content (AvgIpc) is 3.34. The van der Waals surface area contributed by atoms with Crippen molar-refractivity contribution in [1.82, 2.24) is 15.1 Å². The fourth-order valence-corrected chi connectivity index (χ4v) is 4.31. The van der Waals surface area contributed by atoms with Crippen LogP contribution >= 0.6 is 11.3 Å². The third-order valence-corrected chi connectivity index (χ3v) is 5.90. The number of amides is 1. The number of pyridine rings is 1. The van der Waals surface area contributed by atoms with Gasteiger partial charge in [0, 0.05) is 17.1 Å². The summed E-state index contributed by atoms with van der Waals surface area (Å²) in [5, 5.41) is 10.0. The van der Waals surface area contributed by atoms with Crippen LogP contribution in [-0.2, 0) is 12.8 Å². The molecular weight excluding hydrogens is 372 g/mol. The van der Waals surface area contributed by atoms with E-state index in [4.69, 9.17) is 4.52 Å². The Morgan fingerprint density at radius 1 is 1.18 bits per heavy atom. The summed E-state index contributed by atoms with van der Waals surface area (Å²) in [7, 11) is 0. The molecule has 5 rings (SSSR count). The van der Waals surface area contributed by atoms with Crippen LogP contribution in [0.2, 0.25) is 0 Å². The SMILES string of the molecule is Cc1noc2ncc(C(=O)Nc3nc(-c4ccc5c(c4)CCCC5)cs3)cc12. The number of carbonyl (C=O) groups is 1. The Bertz CT molecular complexity index is 1190. The molecule has 3 aromatic heterocycles. The summed E-state index contributed by atoms with van der Waals surface area (Å²) in [5.74, 6) is -0.249. The quantitative estimate of drug-likeness (QED) is 0.544. The smallest absolute Gasteiger partial charge is 0.259 e. The van der Waals surface area contributed by atoms with E-state index < -0.39 is 0 Å². The summed E-state index contributed by atoms with van der Waals surface area (Å²) in [6.45, 7) is 1.82. The van der Waals surface area contributed by atoms with E-state index in [1.807, 2.05) is 12.3 Å². The van der Waals surface area contributed by atoms with E-state index in [0.717, 1.165) is 29.5 Å². The first-order valence-electron chi connectivity index (χ1n) is 9.28. The molecule has 0 unspecified atom stereocenters. The van der Waals surface area contributed by atoms with E-state index >= 15 is 0 Å². The maximum atomic E-state index is 12.6. The molecular formula is C21H18N4O2S. The number of fused-ring (bicyclic) bond motifs is 2. The zero-order valence-electron chi connectivity index (χ0n) is 15.4. The zero-order chi connectivity index (χ0) is 19.1. The van der Waals surface area contributed by atoms with Crippen molar-refractivity contribution in [2.24, 2.45) is 0 Å². The molecule has 0 aliphatic heterocycles. The second kappa shape index (κ2) is 6.83. The Kier molecular flexibility index (Phi) is 4.16. The van der Waals surface area contributed by atoms with Crippen molar-refractivity contribution in [2.45, 2.75) is 32.6 Å². The van der Waals surface area contributed by atoms with Gasteiger partial charge in [-0.1, -0.05) is 17.3 Å². The fraction of sp³-hybridized carbons (Fsp3) is 0.238. The minimum atomic E-state index is -0.249. The van der Waals surface area contributed by atoms with E-state index in [-0.39, 0.29) is 5.91 Å². The van der Waals surface area contributed by atoms with Crippen LogP contribution in [0.1, 0.15) is 40.0 Å². The van der Waals surface area contributed by atoms with Gasteiger partial charge in [0.25, 0.3) is 11.6 Å². The topological polar surface area (TPSA) is 80.9 Å². The Morgan fingerprint density at radius 3 is 2.93 bits per heavy atom. The summed E-state index contributed by atoms with van der Waals surface area (Å²) in [6, 6.07) is 8.31. The molecule has 4 aromatic rings. The van der Waals surface area contributed by atoms with Crippen molar-refractivity contribution in [2.75, 3.05) is 5.32 Å². The van der Waals surface area contributed by atoms with Gasteiger partial charge in [-0.3, -0.25) is 10.1 Å². The summed E-state index contributed by atoms with van der Waals surface area (Å²) in [6.07, 6.45) is 6.31. The van der Waals surface area contributed by atoms with Crippen LogP contribution < -0.4 is 5.32 Å². The van der Waals surface area contributed by atoms with Gasteiger partial charge >= 0.3 is 0 Å². The van der Waals surface area contributed by atoms with E-state index in [2.05, 4.69) is 38.6 Å². The Labute approximate surface area is 165 Å². The molecule has 0 saturated carbocycles. The first-order chi connectivity index (χ1) is 13.7. The third-order valence-electron chi connectivity index (χ3n) is 5.14. The number of nitrogens with zero attached hydrogens (tertiary/aromatic N) is 3. The summed E-state index contributed by atoms with van der Waals surface area (Å²) in [5.41, 5.74) is 6.44. The minimum Gasteiger partial charge on any atom is -0.336 e. The van der Waals surface area contributed by atoms with Gasteiger partial charge in [0.15, 0.2) is 5.13 Å². The van der Waals surface area contributed by atoms with Crippen LogP contribution in [0, 0.1) is 6.92 Å². The summed E-state index contributed by atoms with van der Waals surface area (Å²) >= 11 is 1.42. The first-order valence-corrected chi connectivity index (χ1v) is 10.2. The van der Waals surface area contributed by atoms with Crippen molar-refractivity contribution >= 4 is 33.5 Å². The Morgan fingerprint density at radius 2 is 2.04 bits per heavy atom. The summed E-state index contributed by atoms with van der Waals surface area (Å²) in [4.78, 5) is 21.3. The van der Waals surface area contributed by atoms with Crippen molar-refractivity contribution in [3.05, 3.63) is 58.2 Å². The third kappa shape index (κ3) is 3.07. The van der Waals surface area contributed by atoms with E-state index in [0.29, 0.717) is 22.1 Å². The number of thiazole rings is 1. The van der Waals surface area contributed by atoms with Gasteiger partial charge in [0.05, 0.1) is 22.3 Å². The number of anilines is 1. The van der Waals surface area contributed by atoms with Crippen molar-refractivity contribution in [1.29, 1.82) is 0 Å². The molecule has 0 saturated heterocycles. The standard InChI is InChI=1S/C21H18N4O2S/c1-12-17-9-16(10-22-20(17)27-25-12)19(26)24-21-23-18(11-28-21)15-7-6-13-4-2-3-5-14(13)8-15/h6-11H,2-5H2,1H3,(H,23,24,26). The van der Waals surface area contributed by atoms with Crippen LogP contribution in [-0.4, -0.2) is 21.0 Å². The highest BCUT2D eigenvalue weighted by molar-refractivity contribution is 7.14. The number of aryl methyl sites for hydroxylation is 3. The lowest BCUT2D eigenvalue weighted by Crippen LogP contribution is -2.12. The maximum absolute atomic E-state index is 12.6. The number of benzene rings is 1. The molecule has 28 heavy (non-hydrogen) atoms. The number of hydrogen-bond donors (Lipinski definition) is 1. The predicted octanol–water partition coefficient (Wildman–Crippen LogP) is 4.79. The number of aromatic nitrogens is 3. The van der Waals surface area contributed by atoms with E-state index in [1.54, 1.807) is 6.07 Å². The van der Waals surface area contributed by atoms with Gasteiger partial charge < -0.3 is 4.52 Å². The van der Waals surface area contributed by atoms with Gasteiger partial charge in [-0.15, -0.1) is 11.3 Å². The van der Waals surface area contributed by atoms with Gasteiger partial charge in [0.1, 0.15) is 0 Å². The highest BCUT2D eigenvalue weighted by Gasteiger charge is 2.15. The average molecular weight is 390 g/mol. The largest absolute Gasteiger partial charge is 0.336 e. The molecule has 0 atom stereocenters. The van der Waals surface area contributed by atoms with Crippen LogP contribution in [0.5, 0.6) is 0 Å². The molecule has 0 radical (unpaired) electrons. The molecule has 0 bridgehead atoms. The van der Waals surface area contributed by atoms with Gasteiger partial charge in [-0.2, -0.15) is 0 Å². The molecule has 0 fully saturated rings. The highest BCUT2D eigenvalue weighted by atomic mass is 32.1. The molecule has 1 aromatic carbocycles. The molecule has 6 nitrogen and oxygen atoms in total. The number of nitrogens with one attached hydrogen (secondary N) is 1. The van der Waals surface area contributed by atoms with Crippen LogP contribution in [0.25, 0.3) is 22.4 Å². The Balaban J connectivity index is 1.37. The summed E-state index contributed by atoms with van der Waals surface area (Å²) < 4.78 is 5.09. The zero-order valence-corrected chi connectivity index (χ0v) is 16.2. The number of hydrogen-bond acceptors (Lipinski definition) is 6. The minimum absolute atomic E-state index is 0.249. The molecule has 1 aliphatic rings. The van der Waals surface area contributed by atoms with Crippen LogP contribution in [0.3, 0.4) is 0 Å². The van der Waals surface area contributed by atoms with Crippen molar-refractivity contribution < 1.29 is 9.32 Å². The first kappa shape index (κ1) is 17.1. The molecule has 0 spiro atoms. The van der Waals surface area contributed by atoms with E-state index in [1.165, 1.54) is 41.5 Å².